The SMILES string of the molecule is c1ccc2c(CN3CCCNCCNCCCNCC3)c3ccccc3cc2c1. The van der Waals surface area contributed by atoms with E-state index in [1.165, 1.54) is 39.9 Å². The standard InChI is InChI=1S/C25H34N4/c1-3-9-23-21(7-1)19-22-8-2-4-10-24(22)25(23)20-29-17-6-13-27-15-14-26-11-5-12-28-16-18-29/h1-4,7-10,19,26-28H,5-6,11-18,20H2. The van der Waals surface area contributed by atoms with Crippen LogP contribution in [0.1, 0.15) is 18.4 Å². The molecule has 1 aliphatic heterocycles. The van der Waals surface area contributed by atoms with Crippen molar-refractivity contribution in [1.82, 2.24) is 20.9 Å². The topological polar surface area (TPSA) is 39.3 Å². The van der Waals surface area contributed by atoms with E-state index in [1.54, 1.807) is 0 Å². The van der Waals surface area contributed by atoms with Crippen LogP contribution in [0, 0.1) is 0 Å². The molecule has 4 rings (SSSR count). The van der Waals surface area contributed by atoms with Crippen LogP contribution in [0.25, 0.3) is 21.5 Å². The van der Waals surface area contributed by atoms with Gasteiger partial charge in [0.1, 0.15) is 0 Å². The van der Waals surface area contributed by atoms with Crippen molar-refractivity contribution in [2.45, 2.75) is 19.4 Å². The molecule has 1 heterocycles. The predicted octanol–water partition coefficient (Wildman–Crippen LogP) is 3.36. The highest BCUT2D eigenvalue weighted by Gasteiger charge is 2.12. The van der Waals surface area contributed by atoms with Gasteiger partial charge in [-0.25, -0.2) is 0 Å². The van der Waals surface area contributed by atoms with Gasteiger partial charge in [-0.2, -0.15) is 0 Å². The summed E-state index contributed by atoms with van der Waals surface area (Å²) in [4.78, 5) is 2.63. The predicted molar refractivity (Wildman–Crippen MR) is 125 cm³/mol. The first-order valence-electron chi connectivity index (χ1n) is 11.2. The van der Waals surface area contributed by atoms with E-state index in [2.05, 4.69) is 75.4 Å². The Balaban J connectivity index is 1.56. The van der Waals surface area contributed by atoms with E-state index in [0.29, 0.717) is 0 Å². The molecular weight excluding hydrogens is 356 g/mol. The maximum absolute atomic E-state index is 3.63. The Morgan fingerprint density at radius 2 is 1.21 bits per heavy atom. The quantitative estimate of drug-likeness (QED) is 0.587. The second-order valence-corrected chi connectivity index (χ2v) is 8.03. The van der Waals surface area contributed by atoms with Crippen molar-refractivity contribution in [3.63, 3.8) is 0 Å². The molecule has 4 nitrogen and oxygen atoms in total. The maximum atomic E-state index is 3.63. The Hall–Kier alpha value is -1.98. The average Bonchev–Trinajstić information content (AvgIpc) is 2.76. The van der Waals surface area contributed by atoms with E-state index in [9.17, 15) is 0 Å². The lowest BCUT2D eigenvalue weighted by molar-refractivity contribution is 0.261. The monoisotopic (exact) mass is 390 g/mol. The lowest BCUT2D eigenvalue weighted by Gasteiger charge is -2.25. The van der Waals surface area contributed by atoms with Crippen molar-refractivity contribution in [3.05, 3.63) is 60.2 Å². The molecule has 0 unspecified atom stereocenters. The summed E-state index contributed by atoms with van der Waals surface area (Å²) >= 11 is 0. The molecule has 3 aromatic rings. The molecule has 0 spiro atoms. The van der Waals surface area contributed by atoms with Crippen LogP contribution in [-0.2, 0) is 6.54 Å². The van der Waals surface area contributed by atoms with E-state index >= 15 is 0 Å². The van der Waals surface area contributed by atoms with Gasteiger partial charge < -0.3 is 16.0 Å². The summed E-state index contributed by atoms with van der Waals surface area (Å²) in [5, 5.41) is 16.2. The minimum absolute atomic E-state index is 1.01. The molecule has 0 bridgehead atoms. The molecule has 1 saturated heterocycles. The minimum Gasteiger partial charge on any atom is -0.315 e. The molecule has 3 N–H and O–H groups in total. The molecular formula is C25H34N4. The largest absolute Gasteiger partial charge is 0.315 e. The first-order valence-corrected chi connectivity index (χ1v) is 11.2. The highest BCUT2D eigenvalue weighted by atomic mass is 15.1. The van der Waals surface area contributed by atoms with Crippen LogP contribution >= 0.6 is 0 Å². The van der Waals surface area contributed by atoms with Crippen molar-refractivity contribution < 1.29 is 0 Å². The molecule has 1 aliphatic rings. The van der Waals surface area contributed by atoms with Crippen molar-refractivity contribution >= 4 is 21.5 Å². The average molecular weight is 391 g/mol. The fourth-order valence-corrected chi connectivity index (χ4v) is 4.33. The van der Waals surface area contributed by atoms with Crippen molar-refractivity contribution in [1.29, 1.82) is 0 Å². The molecule has 0 aliphatic carbocycles. The van der Waals surface area contributed by atoms with E-state index < -0.39 is 0 Å². The summed E-state index contributed by atoms with van der Waals surface area (Å²) in [5.74, 6) is 0. The van der Waals surface area contributed by atoms with Gasteiger partial charge in [0, 0.05) is 32.7 Å². The van der Waals surface area contributed by atoms with Gasteiger partial charge in [0.05, 0.1) is 0 Å². The van der Waals surface area contributed by atoms with Crippen LogP contribution in [-0.4, -0.2) is 57.3 Å². The Morgan fingerprint density at radius 1 is 0.621 bits per heavy atom. The van der Waals surface area contributed by atoms with E-state index in [4.69, 9.17) is 0 Å². The fourth-order valence-electron chi connectivity index (χ4n) is 4.33. The Bertz CT molecular complexity index is 840. The second-order valence-electron chi connectivity index (χ2n) is 8.03. The molecule has 29 heavy (non-hydrogen) atoms. The molecule has 4 heteroatoms. The van der Waals surface area contributed by atoms with Gasteiger partial charge >= 0.3 is 0 Å². The molecule has 1 fully saturated rings. The number of rotatable bonds is 2. The third-order valence-electron chi connectivity index (χ3n) is 5.88. The van der Waals surface area contributed by atoms with Gasteiger partial charge in [0.25, 0.3) is 0 Å². The number of hydrogen-bond donors (Lipinski definition) is 3. The molecule has 3 aromatic carbocycles. The zero-order chi connectivity index (χ0) is 19.7. The second kappa shape index (κ2) is 10.7. The van der Waals surface area contributed by atoms with Crippen LogP contribution < -0.4 is 16.0 Å². The molecule has 0 atom stereocenters. The Morgan fingerprint density at radius 3 is 1.90 bits per heavy atom. The van der Waals surface area contributed by atoms with Gasteiger partial charge in [0.2, 0.25) is 0 Å². The lowest BCUT2D eigenvalue weighted by Crippen LogP contribution is -2.36. The van der Waals surface area contributed by atoms with E-state index in [0.717, 1.165) is 58.9 Å². The number of fused-ring (bicyclic) bond motifs is 2. The highest BCUT2D eigenvalue weighted by Crippen LogP contribution is 2.29. The minimum atomic E-state index is 1.01. The summed E-state index contributed by atoms with van der Waals surface area (Å²) < 4.78 is 0. The highest BCUT2D eigenvalue weighted by molar-refractivity contribution is 6.02. The maximum Gasteiger partial charge on any atom is 0.0246 e. The van der Waals surface area contributed by atoms with Crippen LogP contribution in [0.3, 0.4) is 0 Å². The van der Waals surface area contributed by atoms with Crippen molar-refractivity contribution in [2.24, 2.45) is 0 Å². The number of nitrogens with one attached hydrogen (secondary N) is 3. The molecule has 0 saturated carbocycles. The number of benzene rings is 3. The van der Waals surface area contributed by atoms with E-state index in [-0.39, 0.29) is 0 Å². The normalized spacial score (nSPS) is 18.6. The number of hydrogen-bond acceptors (Lipinski definition) is 4. The van der Waals surface area contributed by atoms with Crippen molar-refractivity contribution in [2.75, 3.05) is 52.4 Å². The van der Waals surface area contributed by atoms with Crippen LogP contribution in [0.5, 0.6) is 0 Å². The zero-order valence-electron chi connectivity index (χ0n) is 17.4. The summed E-state index contributed by atoms with van der Waals surface area (Å²) in [6.45, 7) is 9.66. The number of nitrogens with zero attached hydrogens (tertiary/aromatic N) is 1. The van der Waals surface area contributed by atoms with Gasteiger partial charge in [-0.15, -0.1) is 0 Å². The third kappa shape index (κ3) is 5.55. The molecule has 0 radical (unpaired) electrons. The first-order chi connectivity index (χ1) is 14.4. The van der Waals surface area contributed by atoms with Crippen molar-refractivity contribution in [3.8, 4) is 0 Å². The summed E-state index contributed by atoms with van der Waals surface area (Å²) in [5.41, 5.74) is 1.47. The Kier molecular flexibility index (Phi) is 7.49. The van der Waals surface area contributed by atoms with E-state index in [1.807, 2.05) is 0 Å². The van der Waals surface area contributed by atoms with Crippen LogP contribution in [0.2, 0.25) is 0 Å². The van der Waals surface area contributed by atoms with Gasteiger partial charge in [0.15, 0.2) is 0 Å². The van der Waals surface area contributed by atoms with Gasteiger partial charge in [-0.05, 0) is 72.2 Å². The first kappa shape index (κ1) is 20.3. The van der Waals surface area contributed by atoms with Crippen LogP contribution in [0.15, 0.2) is 54.6 Å². The zero-order valence-corrected chi connectivity index (χ0v) is 17.4. The third-order valence-corrected chi connectivity index (χ3v) is 5.88. The fraction of sp³-hybridized carbons (Fsp3) is 0.440. The smallest absolute Gasteiger partial charge is 0.0246 e. The van der Waals surface area contributed by atoms with Gasteiger partial charge in [-0.3, -0.25) is 4.90 Å². The lowest BCUT2D eigenvalue weighted by atomic mass is 9.96. The molecule has 154 valence electrons. The van der Waals surface area contributed by atoms with Gasteiger partial charge in [-0.1, -0.05) is 48.5 Å². The Labute approximate surface area is 174 Å². The van der Waals surface area contributed by atoms with Crippen LogP contribution in [0.4, 0.5) is 0 Å². The summed E-state index contributed by atoms with van der Waals surface area (Å²) in [6, 6.07) is 20.0. The summed E-state index contributed by atoms with van der Waals surface area (Å²) in [7, 11) is 0. The molecule has 0 amide bonds. The molecule has 0 aromatic heterocycles. The summed E-state index contributed by atoms with van der Waals surface area (Å²) in [6.07, 6.45) is 2.37.